The van der Waals surface area contributed by atoms with Crippen molar-refractivity contribution in [3.8, 4) is 37.0 Å². The Balaban J connectivity index is 0.000000259. The van der Waals surface area contributed by atoms with Gasteiger partial charge < -0.3 is 60.6 Å². The number of hydrogen-bond donors (Lipinski definition) is 5. The summed E-state index contributed by atoms with van der Waals surface area (Å²) in [4.78, 5) is 95.1. The Hall–Kier alpha value is -8.84. The minimum atomic E-state index is -1.54. The number of carbonyl (C=O) groups is 5. The molecule has 3 aliphatic heterocycles. The molecule has 9 rings (SSSR count). The molecular formula is C81H117ClF3N15O14. The van der Waals surface area contributed by atoms with Crippen LogP contribution >= 0.6 is 11.6 Å². The lowest BCUT2D eigenvalue weighted by Gasteiger charge is -2.28. The first kappa shape index (κ1) is 94.0. The number of nitrogens with zero attached hydrogens (tertiary/aromatic N) is 12. The Kier molecular flexibility index (Phi) is 40.5. The zero-order valence-electron chi connectivity index (χ0n) is 66.8. The van der Waals surface area contributed by atoms with E-state index in [4.69, 9.17) is 81.2 Å². The van der Waals surface area contributed by atoms with Crippen molar-refractivity contribution in [3.63, 3.8) is 0 Å². The molecule has 3 saturated heterocycles. The second kappa shape index (κ2) is 49.2. The molecular weight excluding hydrogens is 1500 g/mol. The second-order valence-electron chi connectivity index (χ2n) is 29.0. The molecule has 0 bridgehead atoms. The van der Waals surface area contributed by atoms with Crippen molar-refractivity contribution in [1.82, 2.24) is 58.6 Å². The van der Waals surface area contributed by atoms with E-state index in [1.54, 1.807) is 0 Å². The van der Waals surface area contributed by atoms with Crippen LogP contribution in [0.4, 0.5) is 30.6 Å². The Morgan fingerprint density at radius 1 is 0.447 bits per heavy atom. The molecule has 6 aromatic rings. The highest BCUT2D eigenvalue weighted by molar-refractivity contribution is 6.63. The minimum Gasteiger partial charge on any atom is -0.461 e. The monoisotopic (exact) mass is 1620 g/mol. The lowest BCUT2D eigenvalue weighted by molar-refractivity contribution is -0.168. The van der Waals surface area contributed by atoms with E-state index in [1.807, 2.05) is 0 Å². The van der Waals surface area contributed by atoms with Gasteiger partial charge >= 0.3 is 42.1 Å². The lowest BCUT2D eigenvalue weighted by Crippen LogP contribution is -2.45. The van der Waals surface area contributed by atoms with E-state index >= 15 is 0 Å². The summed E-state index contributed by atoms with van der Waals surface area (Å²) in [5.74, 6) is 5.52. The number of anilines is 3. The number of terminal acetylenes is 3. The van der Waals surface area contributed by atoms with Crippen molar-refractivity contribution in [1.29, 1.82) is 0 Å². The first-order chi connectivity index (χ1) is 54.9. The van der Waals surface area contributed by atoms with Crippen molar-refractivity contribution >= 4 is 91.7 Å². The molecule has 0 spiro atoms. The summed E-state index contributed by atoms with van der Waals surface area (Å²) in [5.41, 5.74) is 13.6. The minimum absolute atomic E-state index is 0.0971. The van der Waals surface area contributed by atoms with Crippen molar-refractivity contribution in [2.75, 3.05) is 37.0 Å². The van der Waals surface area contributed by atoms with Gasteiger partial charge in [0.05, 0.1) is 25.6 Å². The maximum Gasteiger partial charge on any atom is 0.312 e. The van der Waals surface area contributed by atoms with Gasteiger partial charge in [0, 0.05) is 51.4 Å². The van der Waals surface area contributed by atoms with E-state index in [1.165, 1.54) is 84.0 Å². The van der Waals surface area contributed by atoms with Crippen molar-refractivity contribution in [3.05, 3.63) is 37.2 Å². The van der Waals surface area contributed by atoms with Gasteiger partial charge in [-0.05, 0) is 43.7 Å². The Labute approximate surface area is 671 Å². The third-order valence-electron chi connectivity index (χ3n) is 20.1. The molecule has 3 fully saturated rings. The molecule has 3 aliphatic rings. The molecule has 9 atom stereocenters. The van der Waals surface area contributed by atoms with Gasteiger partial charge in [0.15, 0.2) is 56.5 Å². The summed E-state index contributed by atoms with van der Waals surface area (Å²) in [5, 5.41) is 19.1. The van der Waals surface area contributed by atoms with Crippen LogP contribution in [0.25, 0.3) is 33.5 Å². The molecule has 0 radical (unpaired) electrons. The normalized spacial score (nSPS) is 20.8. The third-order valence-corrected chi connectivity index (χ3v) is 20.3. The third kappa shape index (κ3) is 28.3. The number of halogens is 4. The number of carbonyl (C=O) groups excluding carboxylic acids is 5. The maximum absolute atomic E-state index is 14.0. The molecule has 114 heavy (non-hydrogen) atoms. The first-order valence-corrected chi connectivity index (χ1v) is 40.9. The summed E-state index contributed by atoms with van der Waals surface area (Å²) >= 11 is 5.18. The van der Waals surface area contributed by atoms with E-state index in [0.717, 1.165) is 128 Å². The van der Waals surface area contributed by atoms with Gasteiger partial charge in [-0.2, -0.15) is 43.1 Å². The van der Waals surface area contributed by atoms with Gasteiger partial charge in [-0.1, -0.05) is 213 Å². The Morgan fingerprint density at radius 3 is 1.00 bits per heavy atom. The van der Waals surface area contributed by atoms with Crippen LogP contribution in [0.15, 0.2) is 19.0 Å². The zero-order chi connectivity index (χ0) is 83.1. The summed E-state index contributed by atoms with van der Waals surface area (Å²) in [6, 6.07) is 0. The van der Waals surface area contributed by atoms with Gasteiger partial charge in [-0.25, -0.2) is 15.0 Å². The van der Waals surface area contributed by atoms with Crippen LogP contribution in [0.3, 0.4) is 0 Å². The molecule has 0 saturated carbocycles. The number of rotatable bonds is 45. The predicted molar refractivity (Wildman–Crippen MR) is 424 cm³/mol. The average molecular weight is 1620 g/mol. The fraction of sp³-hybridized carbons (Fsp3) is 0.679. The van der Waals surface area contributed by atoms with Crippen LogP contribution < -0.4 is 17.2 Å². The molecule has 33 heteroatoms. The van der Waals surface area contributed by atoms with Gasteiger partial charge in [0.25, 0.3) is 0 Å². The van der Waals surface area contributed by atoms with E-state index < -0.39 is 103 Å². The van der Waals surface area contributed by atoms with Crippen LogP contribution in [-0.4, -0.2) is 153 Å². The topological polar surface area (TPSA) is 399 Å². The largest absolute Gasteiger partial charge is 0.461 e. The van der Waals surface area contributed by atoms with Crippen molar-refractivity contribution in [2.45, 2.75) is 332 Å². The van der Waals surface area contributed by atoms with Crippen LogP contribution in [0.1, 0.15) is 297 Å². The number of hydrogen-bond acceptors (Lipinski definition) is 26. The van der Waals surface area contributed by atoms with Gasteiger partial charge in [0.2, 0.25) is 16.4 Å². The molecule has 9 heterocycles. The lowest BCUT2D eigenvalue weighted by atomic mass is 9.98. The van der Waals surface area contributed by atoms with Gasteiger partial charge in [-0.15, -0.1) is 19.3 Å². The molecule has 0 amide bonds. The fourth-order valence-corrected chi connectivity index (χ4v) is 13.6. The van der Waals surface area contributed by atoms with Gasteiger partial charge in [-0.3, -0.25) is 37.7 Å². The number of unbranched alkanes of at least 4 members (excludes halogenated alkanes) is 25. The van der Waals surface area contributed by atoms with Crippen LogP contribution in [-0.2, 0) is 57.1 Å². The molecule has 0 aliphatic carbocycles. The number of imidazole rings is 3. The first-order valence-electron chi connectivity index (χ1n) is 40.5. The number of aromatic nitrogens is 12. The summed E-state index contributed by atoms with van der Waals surface area (Å²) in [7, 11) is 0. The van der Waals surface area contributed by atoms with Crippen LogP contribution in [0.2, 0.25) is 0 Å². The average Bonchev–Trinajstić information content (AvgIpc) is 1.62. The Morgan fingerprint density at radius 2 is 0.719 bits per heavy atom. The molecule has 29 nitrogen and oxygen atoms in total. The van der Waals surface area contributed by atoms with E-state index in [0.29, 0.717) is 19.3 Å². The number of esters is 4. The van der Waals surface area contributed by atoms with Gasteiger partial charge in [0.1, 0.15) is 50.2 Å². The number of fused-ring (bicyclic) bond motifs is 3. The number of ether oxygens (including phenoxy) is 7. The number of nitrogen functional groups attached to an aromatic ring is 3. The van der Waals surface area contributed by atoms with E-state index in [-0.39, 0.29) is 114 Å². The molecule has 6 aromatic heterocycles. The fourth-order valence-electron chi connectivity index (χ4n) is 13.5. The van der Waals surface area contributed by atoms with Crippen molar-refractivity contribution in [2.24, 2.45) is 0 Å². The zero-order valence-corrected chi connectivity index (χ0v) is 67.6. The Bertz CT molecular complexity index is 3950. The molecule has 0 unspecified atom stereocenters. The number of aliphatic hydroxyl groups is 2. The quantitative estimate of drug-likeness (QED) is 0.00592. The SMILES string of the molecule is C#C[C@]1(CO)O[C@@H](n2cnc3c(N)nc(F)nc32)C[C@@H]1O.C#C[C@]1(COC(=O)CCCCCCCC)O[C@@H](n2cnc3c(N)nc(F)nc32)C[C@@H]1OC(=O)CCCCCCCC.C#C[C@]1(COC(=O)CCCCCCCC)O[C@@H](n2cnc3c(N)nc(F)nc32)C[C@@H]1OC(=O)CCCCCCCC.CCCCCCCCC(=O)Cl. The van der Waals surface area contributed by atoms with Crippen molar-refractivity contribution < 1.29 is 80.5 Å². The number of nitrogens with two attached hydrogens (primary N) is 3. The molecule has 8 N–H and O–H groups in total. The maximum atomic E-state index is 14.0. The molecule has 0 aromatic carbocycles. The predicted octanol–water partition coefficient (Wildman–Crippen LogP) is 14.3. The number of aliphatic hydroxyl groups excluding tert-OH is 2. The van der Waals surface area contributed by atoms with E-state index in [2.05, 4.69) is 97.2 Å². The summed E-state index contributed by atoms with van der Waals surface area (Å²) in [6.45, 7) is 9.70. The smallest absolute Gasteiger partial charge is 0.312 e. The highest BCUT2D eigenvalue weighted by Gasteiger charge is 2.54. The van der Waals surface area contributed by atoms with E-state index in [9.17, 15) is 47.4 Å². The standard InChI is InChI=1S/2C30H44FN5O5.C12H12FN5O3.C9H17ClO/c2*1-4-7-9-11-13-15-17-24(37)39-20-30(6-3)22(40-25(38)18-16-14-12-10-8-5-2)19-23(41-30)36-21-33-26-27(32)34-29(31)35-28(26)36;1-2-12(4-19)6(20)3-7(21-12)18-5-15-8-9(14)16-11(13)17-10(8)18;1-2-3-4-5-6-7-8-9(10)11/h2*3,21-23H,4-5,7-20H2,1-2H3,(H2,32,34,35);1,5-7,19-20H,3-4H2,(H2,14,16,17);2-8H2,1H3/t2*22-,23+,30+;6-,7+,12+;/m000./s1. The summed E-state index contributed by atoms with van der Waals surface area (Å²) < 4.78 is 86.4. The highest BCUT2D eigenvalue weighted by atomic mass is 35.5. The van der Waals surface area contributed by atoms with Crippen LogP contribution in [0, 0.1) is 55.3 Å². The second-order valence-corrected chi connectivity index (χ2v) is 29.4. The summed E-state index contributed by atoms with van der Waals surface area (Å²) in [6.07, 6.45) is 47.0. The molecule has 628 valence electrons. The highest BCUT2D eigenvalue weighted by Crippen LogP contribution is 2.43. The van der Waals surface area contributed by atoms with Crippen LogP contribution in [0.5, 0.6) is 0 Å².